The molecule has 2 atom stereocenters. The number of amides is 2. The second-order valence-corrected chi connectivity index (χ2v) is 8.80. The highest BCUT2D eigenvalue weighted by Crippen LogP contribution is 2.49. The van der Waals surface area contributed by atoms with Crippen molar-refractivity contribution in [2.45, 2.75) is 32.0 Å². The highest BCUT2D eigenvalue weighted by atomic mass is 32.1. The molecular formula is C24H22N2O4S. The summed E-state index contributed by atoms with van der Waals surface area (Å²) in [7, 11) is 0. The summed E-state index contributed by atoms with van der Waals surface area (Å²) in [5.74, 6) is -1.02. The van der Waals surface area contributed by atoms with Gasteiger partial charge in [-0.3, -0.25) is 4.84 Å². The molecule has 6 nitrogen and oxygen atoms in total. The van der Waals surface area contributed by atoms with E-state index in [0.29, 0.717) is 11.4 Å². The fraction of sp³-hybridized carbons (Fsp3) is 0.250. The molecule has 2 bridgehead atoms. The predicted octanol–water partition coefficient (Wildman–Crippen LogP) is 5.03. The van der Waals surface area contributed by atoms with Gasteiger partial charge >= 0.3 is 12.0 Å². The average molecular weight is 435 g/mol. The third kappa shape index (κ3) is 3.30. The van der Waals surface area contributed by atoms with Crippen LogP contribution < -0.4 is 0 Å². The average Bonchev–Trinajstić information content (AvgIpc) is 3.34. The number of carbonyl (C=O) groups excluding carboxylic acids is 1. The number of urea groups is 1. The topological polar surface area (TPSA) is 70.1 Å². The van der Waals surface area contributed by atoms with Gasteiger partial charge in [-0.1, -0.05) is 61.5 Å². The molecule has 2 aliphatic rings. The lowest BCUT2D eigenvalue weighted by molar-refractivity contribution is -0.143. The van der Waals surface area contributed by atoms with E-state index in [1.807, 2.05) is 48.5 Å². The number of nitrogens with zero attached hydrogens (tertiary/aromatic N) is 2. The van der Waals surface area contributed by atoms with Gasteiger partial charge in [0, 0.05) is 9.75 Å². The third-order valence-corrected chi connectivity index (χ3v) is 7.14. The number of carboxylic acids is 1. The van der Waals surface area contributed by atoms with Gasteiger partial charge in [-0.05, 0) is 34.7 Å². The van der Waals surface area contributed by atoms with Crippen molar-refractivity contribution in [3.05, 3.63) is 82.2 Å². The Morgan fingerprint density at radius 1 is 1.16 bits per heavy atom. The number of thiophene rings is 1. The first-order valence-corrected chi connectivity index (χ1v) is 11.1. The number of hydroxylamine groups is 2. The summed E-state index contributed by atoms with van der Waals surface area (Å²) < 4.78 is 0. The van der Waals surface area contributed by atoms with E-state index in [-0.39, 0.29) is 12.6 Å². The number of carboxylic acid groups (broad SMARTS) is 1. The molecule has 31 heavy (non-hydrogen) atoms. The number of hydrogen-bond acceptors (Lipinski definition) is 4. The van der Waals surface area contributed by atoms with Gasteiger partial charge in [0.15, 0.2) is 6.04 Å². The molecule has 1 N–H and O–H groups in total. The first-order valence-electron chi connectivity index (χ1n) is 10.3. The lowest BCUT2D eigenvalue weighted by Gasteiger charge is -2.27. The van der Waals surface area contributed by atoms with E-state index in [2.05, 4.69) is 19.1 Å². The fourth-order valence-electron chi connectivity index (χ4n) is 4.38. The van der Waals surface area contributed by atoms with E-state index in [9.17, 15) is 14.7 Å². The van der Waals surface area contributed by atoms with Crippen LogP contribution in [0.2, 0.25) is 0 Å². The first-order chi connectivity index (χ1) is 15.1. The summed E-state index contributed by atoms with van der Waals surface area (Å²) in [6.45, 7) is 2.67. The second-order valence-electron chi connectivity index (χ2n) is 7.72. The molecule has 2 aromatic carbocycles. The van der Waals surface area contributed by atoms with Crippen LogP contribution in [0.3, 0.4) is 0 Å². The molecule has 2 aliphatic heterocycles. The van der Waals surface area contributed by atoms with E-state index < -0.39 is 18.0 Å². The Balaban J connectivity index is 1.53. The van der Waals surface area contributed by atoms with Gasteiger partial charge < -0.3 is 10.0 Å². The Hall–Kier alpha value is -3.16. The Bertz CT molecular complexity index is 1140. The van der Waals surface area contributed by atoms with E-state index in [4.69, 9.17) is 4.84 Å². The number of hydrogen-bond donors (Lipinski definition) is 1. The van der Waals surface area contributed by atoms with Crippen molar-refractivity contribution in [2.24, 2.45) is 0 Å². The summed E-state index contributed by atoms with van der Waals surface area (Å²) in [6.07, 6.45) is 0.890. The lowest BCUT2D eigenvalue weighted by Crippen LogP contribution is -2.37. The van der Waals surface area contributed by atoms with Crippen LogP contribution >= 0.6 is 11.3 Å². The van der Waals surface area contributed by atoms with Gasteiger partial charge in [0.25, 0.3) is 0 Å². The number of carbonyl (C=O) groups is 2. The summed E-state index contributed by atoms with van der Waals surface area (Å²) in [5.41, 5.74) is 4.15. The largest absolute Gasteiger partial charge is 0.479 e. The Labute approximate surface area is 184 Å². The molecule has 0 radical (unpaired) electrons. The molecule has 3 aromatic rings. The van der Waals surface area contributed by atoms with Crippen LogP contribution in [0, 0.1) is 0 Å². The van der Waals surface area contributed by atoms with E-state index >= 15 is 0 Å². The van der Waals surface area contributed by atoms with Gasteiger partial charge in [-0.2, -0.15) is 5.06 Å². The normalized spacial score (nSPS) is 19.6. The quantitative estimate of drug-likeness (QED) is 0.591. The van der Waals surface area contributed by atoms with E-state index in [0.717, 1.165) is 28.0 Å². The maximum absolute atomic E-state index is 13.0. The molecule has 0 saturated carbocycles. The monoisotopic (exact) mass is 434 g/mol. The van der Waals surface area contributed by atoms with Crippen molar-refractivity contribution < 1.29 is 19.5 Å². The molecule has 2 amide bonds. The van der Waals surface area contributed by atoms with Crippen molar-refractivity contribution >= 4 is 23.3 Å². The molecule has 158 valence electrons. The van der Waals surface area contributed by atoms with Crippen LogP contribution in [0.15, 0.2) is 60.7 Å². The minimum Gasteiger partial charge on any atom is -0.479 e. The maximum atomic E-state index is 13.0. The van der Waals surface area contributed by atoms with Crippen molar-refractivity contribution in [1.29, 1.82) is 0 Å². The van der Waals surface area contributed by atoms with E-state index in [1.54, 1.807) is 0 Å². The number of aryl methyl sites for hydroxylation is 1. The Morgan fingerprint density at radius 3 is 2.65 bits per heavy atom. The predicted molar refractivity (Wildman–Crippen MR) is 117 cm³/mol. The fourth-order valence-corrected chi connectivity index (χ4v) is 5.77. The molecule has 7 heteroatoms. The highest BCUT2D eigenvalue weighted by Gasteiger charge is 2.52. The van der Waals surface area contributed by atoms with Crippen molar-refractivity contribution in [3.63, 3.8) is 0 Å². The third-order valence-electron chi connectivity index (χ3n) is 5.91. The highest BCUT2D eigenvalue weighted by molar-refractivity contribution is 7.16. The van der Waals surface area contributed by atoms with Crippen molar-refractivity contribution in [2.75, 3.05) is 6.54 Å². The van der Waals surface area contributed by atoms with Crippen LogP contribution in [0.1, 0.15) is 40.6 Å². The van der Waals surface area contributed by atoms with Gasteiger partial charge in [0.2, 0.25) is 0 Å². The van der Waals surface area contributed by atoms with Crippen LogP contribution in [-0.4, -0.2) is 33.6 Å². The van der Waals surface area contributed by atoms with Crippen LogP contribution in [0.5, 0.6) is 0 Å². The van der Waals surface area contributed by atoms with Gasteiger partial charge in [0.1, 0.15) is 12.6 Å². The molecule has 0 aliphatic carbocycles. The Kier molecular flexibility index (Phi) is 5.00. The molecule has 1 saturated heterocycles. The van der Waals surface area contributed by atoms with Gasteiger partial charge in [0.05, 0.1) is 6.54 Å². The molecule has 1 fully saturated rings. The van der Waals surface area contributed by atoms with Crippen LogP contribution in [0.25, 0.3) is 10.4 Å². The maximum Gasteiger partial charge on any atom is 0.345 e. The number of aliphatic carboxylic acids is 1. The second kappa shape index (κ2) is 7.83. The summed E-state index contributed by atoms with van der Waals surface area (Å²) in [5, 5.41) is 11.3. The van der Waals surface area contributed by atoms with Gasteiger partial charge in [-0.25, -0.2) is 9.59 Å². The van der Waals surface area contributed by atoms with Crippen LogP contribution in [0.4, 0.5) is 4.79 Å². The molecule has 5 rings (SSSR count). The minimum atomic E-state index is -1.02. The van der Waals surface area contributed by atoms with Crippen molar-refractivity contribution in [1.82, 2.24) is 9.96 Å². The van der Waals surface area contributed by atoms with Crippen molar-refractivity contribution in [3.8, 4) is 10.4 Å². The van der Waals surface area contributed by atoms with E-state index in [1.165, 1.54) is 26.9 Å². The minimum absolute atomic E-state index is 0.250. The van der Waals surface area contributed by atoms with Crippen LogP contribution in [-0.2, 0) is 22.7 Å². The Morgan fingerprint density at radius 2 is 1.90 bits per heavy atom. The molecule has 3 heterocycles. The summed E-state index contributed by atoms with van der Waals surface area (Å²) >= 11 is 1.46. The molecular weight excluding hydrogens is 412 g/mol. The molecule has 2 unspecified atom stereocenters. The summed E-state index contributed by atoms with van der Waals surface area (Å²) in [6, 6.07) is 18.1. The van der Waals surface area contributed by atoms with Gasteiger partial charge in [-0.15, -0.1) is 11.3 Å². The SMILES string of the molecule is CCc1ccccc1-c1cc2c(s1)C(C(=O)O)N1CC2N(OCc2ccccc2)C1=O. The lowest BCUT2D eigenvalue weighted by atomic mass is 9.97. The molecule has 1 aromatic heterocycles. The number of rotatable bonds is 6. The number of benzene rings is 2. The summed E-state index contributed by atoms with van der Waals surface area (Å²) in [4.78, 5) is 34.2. The zero-order chi connectivity index (χ0) is 21.5. The zero-order valence-electron chi connectivity index (χ0n) is 17.0. The zero-order valence-corrected chi connectivity index (χ0v) is 17.8. The standard InChI is InChI=1S/C24H22N2O4S/c1-2-16-10-6-7-11-17(16)20-12-18-19-13-25(21(23(27)28)22(18)31-20)24(29)26(19)30-14-15-8-4-3-5-9-15/h3-12,19,21H,2,13-14H2,1H3,(H,27,28). The first kappa shape index (κ1) is 19.8. The smallest absolute Gasteiger partial charge is 0.345 e. The number of fused-ring (bicyclic) bond motifs is 4. The molecule has 0 spiro atoms.